The molecule has 16 heavy (non-hydrogen) atoms. The van der Waals surface area contributed by atoms with Gasteiger partial charge in [0.2, 0.25) is 0 Å². The number of allylic oxidation sites excluding steroid dienone is 1. The molecule has 0 atom stereocenters. The third-order valence-electron chi connectivity index (χ3n) is 2.50. The Hall–Kier alpha value is -1.57. The van der Waals surface area contributed by atoms with E-state index in [-0.39, 0.29) is 0 Å². The smallest absolute Gasteiger partial charge is 0.0642 e. The van der Waals surface area contributed by atoms with Crippen molar-refractivity contribution in [2.24, 2.45) is 10.7 Å². The molecule has 2 nitrogen and oxygen atoms in total. The zero-order valence-electron chi connectivity index (χ0n) is 10.3. The lowest BCUT2D eigenvalue weighted by Gasteiger charge is -2.10. The Bertz CT molecular complexity index is 389. The number of hydrogen-bond donors (Lipinski definition) is 1. The molecule has 0 spiro atoms. The van der Waals surface area contributed by atoms with Crippen LogP contribution in [0.25, 0.3) is 0 Å². The minimum absolute atomic E-state index is 0.539. The van der Waals surface area contributed by atoms with Crippen LogP contribution in [0.1, 0.15) is 37.8 Å². The number of benzene rings is 1. The van der Waals surface area contributed by atoms with Crippen LogP contribution in [-0.2, 0) is 6.54 Å². The van der Waals surface area contributed by atoms with Gasteiger partial charge in [-0.1, -0.05) is 38.1 Å². The zero-order chi connectivity index (χ0) is 12.0. The highest BCUT2D eigenvalue weighted by molar-refractivity contribution is 5.77. The summed E-state index contributed by atoms with van der Waals surface area (Å²) in [6.45, 7) is 7.07. The summed E-state index contributed by atoms with van der Waals surface area (Å²) in [5.74, 6) is 0.539. The second kappa shape index (κ2) is 6.11. The fraction of sp³-hybridized carbons (Fsp3) is 0.357. The van der Waals surface area contributed by atoms with E-state index in [1.165, 1.54) is 11.1 Å². The fourth-order valence-corrected chi connectivity index (χ4v) is 1.57. The van der Waals surface area contributed by atoms with Crippen molar-refractivity contribution in [1.82, 2.24) is 0 Å². The minimum Gasteiger partial charge on any atom is -0.404 e. The quantitative estimate of drug-likeness (QED) is 0.771. The van der Waals surface area contributed by atoms with Crippen molar-refractivity contribution in [3.05, 3.63) is 47.2 Å². The van der Waals surface area contributed by atoms with E-state index in [1.807, 2.05) is 13.1 Å². The summed E-state index contributed by atoms with van der Waals surface area (Å²) in [6.07, 6.45) is 3.38. The molecule has 86 valence electrons. The van der Waals surface area contributed by atoms with Crippen molar-refractivity contribution in [3.8, 4) is 0 Å². The van der Waals surface area contributed by atoms with Crippen LogP contribution in [0.5, 0.6) is 0 Å². The van der Waals surface area contributed by atoms with E-state index in [2.05, 4.69) is 43.1 Å². The van der Waals surface area contributed by atoms with Crippen LogP contribution in [0.15, 0.2) is 41.0 Å². The van der Waals surface area contributed by atoms with E-state index in [9.17, 15) is 0 Å². The number of aliphatic imine (C=N–C) groups is 1. The molecular weight excluding hydrogens is 196 g/mol. The molecule has 0 unspecified atom stereocenters. The SMILES string of the molecule is C/C(C=NCc1ccccc1C(C)C)=C/N. The Balaban J connectivity index is 2.78. The molecule has 2 heteroatoms. The molecule has 1 rings (SSSR count). The van der Waals surface area contributed by atoms with Crippen LogP contribution in [0, 0.1) is 0 Å². The lowest BCUT2D eigenvalue weighted by Crippen LogP contribution is -1.95. The monoisotopic (exact) mass is 216 g/mol. The van der Waals surface area contributed by atoms with Gasteiger partial charge in [-0.3, -0.25) is 4.99 Å². The molecule has 1 aromatic rings. The van der Waals surface area contributed by atoms with Gasteiger partial charge in [0.25, 0.3) is 0 Å². The first-order valence-electron chi connectivity index (χ1n) is 5.61. The van der Waals surface area contributed by atoms with Crippen LogP contribution in [-0.4, -0.2) is 6.21 Å². The van der Waals surface area contributed by atoms with Crippen LogP contribution in [0.3, 0.4) is 0 Å². The molecular formula is C14H20N2. The van der Waals surface area contributed by atoms with Crippen LogP contribution < -0.4 is 5.73 Å². The highest BCUT2D eigenvalue weighted by Gasteiger charge is 2.03. The standard InChI is InChI=1S/C14H20N2/c1-11(2)14-7-5-4-6-13(14)10-16-9-12(3)8-15/h4-9,11H,10,15H2,1-3H3/b12-8-,16-9?. The average molecular weight is 216 g/mol. The van der Waals surface area contributed by atoms with E-state index in [4.69, 9.17) is 5.73 Å². The molecule has 0 aliphatic heterocycles. The number of hydrogen-bond acceptors (Lipinski definition) is 2. The first kappa shape index (κ1) is 12.5. The fourth-order valence-electron chi connectivity index (χ4n) is 1.57. The van der Waals surface area contributed by atoms with Crippen LogP contribution >= 0.6 is 0 Å². The molecule has 0 aliphatic rings. The van der Waals surface area contributed by atoms with Crippen molar-refractivity contribution in [3.63, 3.8) is 0 Å². The number of rotatable bonds is 4. The second-order valence-electron chi connectivity index (χ2n) is 4.23. The molecule has 0 amide bonds. The van der Waals surface area contributed by atoms with Gasteiger partial charge in [0.15, 0.2) is 0 Å². The molecule has 2 N–H and O–H groups in total. The minimum atomic E-state index is 0.539. The van der Waals surface area contributed by atoms with E-state index in [1.54, 1.807) is 6.20 Å². The van der Waals surface area contributed by atoms with Gasteiger partial charge in [-0.2, -0.15) is 0 Å². The summed E-state index contributed by atoms with van der Waals surface area (Å²) >= 11 is 0. The topological polar surface area (TPSA) is 38.4 Å². The largest absolute Gasteiger partial charge is 0.404 e. The summed E-state index contributed by atoms with van der Waals surface area (Å²) in [4.78, 5) is 4.38. The first-order valence-corrected chi connectivity index (χ1v) is 5.61. The summed E-state index contributed by atoms with van der Waals surface area (Å²) in [6, 6.07) is 8.44. The Morgan fingerprint density at radius 2 is 2.06 bits per heavy atom. The zero-order valence-corrected chi connectivity index (χ0v) is 10.3. The maximum Gasteiger partial charge on any atom is 0.0642 e. The summed E-state index contributed by atoms with van der Waals surface area (Å²) in [5, 5.41) is 0. The summed E-state index contributed by atoms with van der Waals surface area (Å²) in [7, 11) is 0. The molecule has 0 heterocycles. The molecule has 0 bridgehead atoms. The van der Waals surface area contributed by atoms with Crippen molar-refractivity contribution < 1.29 is 0 Å². The van der Waals surface area contributed by atoms with E-state index in [0.717, 1.165) is 12.1 Å². The predicted molar refractivity (Wildman–Crippen MR) is 70.7 cm³/mol. The molecule has 0 fully saturated rings. The van der Waals surface area contributed by atoms with Crippen LogP contribution in [0.2, 0.25) is 0 Å². The second-order valence-corrected chi connectivity index (χ2v) is 4.23. The number of nitrogens with zero attached hydrogens (tertiary/aromatic N) is 1. The van der Waals surface area contributed by atoms with Gasteiger partial charge in [0.1, 0.15) is 0 Å². The third kappa shape index (κ3) is 3.54. The normalized spacial score (nSPS) is 12.6. The Morgan fingerprint density at radius 3 is 2.69 bits per heavy atom. The van der Waals surface area contributed by atoms with Gasteiger partial charge in [0.05, 0.1) is 6.54 Å². The maximum absolute atomic E-state index is 5.38. The van der Waals surface area contributed by atoms with Crippen LogP contribution in [0.4, 0.5) is 0 Å². The van der Waals surface area contributed by atoms with Gasteiger partial charge < -0.3 is 5.73 Å². The van der Waals surface area contributed by atoms with Crippen molar-refractivity contribution >= 4 is 6.21 Å². The van der Waals surface area contributed by atoms with E-state index < -0.39 is 0 Å². The Kier molecular flexibility index (Phi) is 4.77. The van der Waals surface area contributed by atoms with Crippen molar-refractivity contribution in [2.45, 2.75) is 33.2 Å². The highest BCUT2D eigenvalue weighted by atomic mass is 14.7. The van der Waals surface area contributed by atoms with Crippen molar-refractivity contribution in [1.29, 1.82) is 0 Å². The van der Waals surface area contributed by atoms with E-state index in [0.29, 0.717) is 5.92 Å². The predicted octanol–water partition coefficient (Wildman–Crippen LogP) is 3.24. The lowest BCUT2D eigenvalue weighted by atomic mass is 9.97. The molecule has 0 saturated carbocycles. The summed E-state index contributed by atoms with van der Waals surface area (Å²) in [5.41, 5.74) is 9.02. The maximum atomic E-state index is 5.38. The molecule has 0 radical (unpaired) electrons. The molecule has 0 saturated heterocycles. The lowest BCUT2D eigenvalue weighted by molar-refractivity contribution is 0.840. The van der Waals surface area contributed by atoms with E-state index >= 15 is 0 Å². The number of nitrogens with two attached hydrogens (primary N) is 1. The first-order chi connectivity index (χ1) is 7.65. The Morgan fingerprint density at radius 1 is 1.38 bits per heavy atom. The van der Waals surface area contributed by atoms with Gasteiger partial charge in [0, 0.05) is 6.21 Å². The third-order valence-corrected chi connectivity index (χ3v) is 2.50. The van der Waals surface area contributed by atoms with Gasteiger partial charge in [-0.15, -0.1) is 0 Å². The van der Waals surface area contributed by atoms with Gasteiger partial charge in [-0.05, 0) is 35.7 Å². The molecule has 1 aromatic carbocycles. The average Bonchev–Trinajstić information content (AvgIpc) is 2.29. The van der Waals surface area contributed by atoms with Gasteiger partial charge >= 0.3 is 0 Å². The molecule has 0 aromatic heterocycles. The summed E-state index contributed by atoms with van der Waals surface area (Å²) < 4.78 is 0. The molecule has 0 aliphatic carbocycles. The Labute approximate surface area is 97.9 Å². The van der Waals surface area contributed by atoms with Crippen molar-refractivity contribution in [2.75, 3.05) is 0 Å². The highest BCUT2D eigenvalue weighted by Crippen LogP contribution is 2.19. The van der Waals surface area contributed by atoms with Gasteiger partial charge in [-0.25, -0.2) is 0 Å².